The highest BCUT2D eigenvalue weighted by atomic mass is 32.2. The van der Waals surface area contributed by atoms with Gasteiger partial charge < -0.3 is 4.98 Å². The molecule has 0 amide bonds. The van der Waals surface area contributed by atoms with Crippen LogP contribution >= 0.6 is 0 Å². The van der Waals surface area contributed by atoms with E-state index in [-0.39, 0.29) is 21.6 Å². The highest BCUT2D eigenvalue weighted by molar-refractivity contribution is 7.92. The average Bonchev–Trinajstić information content (AvgIpc) is 2.95. The summed E-state index contributed by atoms with van der Waals surface area (Å²) in [6, 6.07) is 5.43. The molecular formula is C16H16FN3O2S. The molecule has 2 N–H and O–H groups in total. The van der Waals surface area contributed by atoms with E-state index in [0.717, 1.165) is 23.7 Å². The number of hydrogen-bond acceptors (Lipinski definition) is 3. The lowest BCUT2D eigenvalue weighted by atomic mass is 9.90. The lowest BCUT2D eigenvalue weighted by molar-refractivity contribution is 0.388. The predicted molar refractivity (Wildman–Crippen MR) is 83.9 cm³/mol. The Morgan fingerprint density at radius 1 is 1.35 bits per heavy atom. The molecule has 1 aliphatic rings. The zero-order valence-electron chi connectivity index (χ0n) is 12.8. The van der Waals surface area contributed by atoms with Crippen molar-refractivity contribution in [2.24, 2.45) is 5.41 Å². The van der Waals surface area contributed by atoms with Crippen molar-refractivity contribution >= 4 is 15.7 Å². The number of halogens is 1. The Balaban J connectivity index is 1.94. The molecule has 0 saturated carbocycles. The van der Waals surface area contributed by atoms with Crippen molar-refractivity contribution in [3.63, 3.8) is 0 Å². The highest BCUT2D eigenvalue weighted by Gasteiger charge is 2.35. The van der Waals surface area contributed by atoms with Gasteiger partial charge in [0.05, 0.1) is 17.3 Å². The Morgan fingerprint density at radius 2 is 2.09 bits per heavy atom. The van der Waals surface area contributed by atoms with Gasteiger partial charge in [-0.3, -0.25) is 4.72 Å². The first-order valence-electron chi connectivity index (χ1n) is 7.13. The van der Waals surface area contributed by atoms with E-state index >= 15 is 0 Å². The van der Waals surface area contributed by atoms with Gasteiger partial charge in [0, 0.05) is 11.9 Å². The summed E-state index contributed by atoms with van der Waals surface area (Å²) >= 11 is 0. The molecule has 23 heavy (non-hydrogen) atoms. The normalized spacial score (nSPS) is 15.9. The zero-order chi connectivity index (χ0) is 16.8. The van der Waals surface area contributed by atoms with Crippen molar-refractivity contribution in [3.8, 4) is 6.07 Å². The first-order chi connectivity index (χ1) is 10.7. The lowest BCUT2D eigenvalue weighted by Crippen LogP contribution is -2.16. The quantitative estimate of drug-likeness (QED) is 0.905. The molecule has 1 aromatic heterocycles. The first-order valence-corrected chi connectivity index (χ1v) is 8.62. The predicted octanol–water partition coefficient (Wildman–Crippen LogP) is 2.95. The van der Waals surface area contributed by atoms with E-state index in [1.807, 2.05) is 0 Å². The minimum absolute atomic E-state index is 0.00634. The number of nitrogens with zero attached hydrogens (tertiary/aromatic N) is 1. The topological polar surface area (TPSA) is 85.8 Å². The minimum Gasteiger partial charge on any atom is -0.363 e. The van der Waals surface area contributed by atoms with E-state index in [1.54, 1.807) is 6.07 Å². The van der Waals surface area contributed by atoms with E-state index in [1.165, 1.54) is 18.3 Å². The SMILES string of the molecule is CC1(C)Cc2[nH]cc(S(=O)(=O)Nc3ccc(C#N)cc3F)c2C1. The van der Waals surface area contributed by atoms with Crippen LogP contribution in [0, 0.1) is 22.6 Å². The van der Waals surface area contributed by atoms with Crippen molar-refractivity contribution in [1.82, 2.24) is 4.98 Å². The molecule has 7 heteroatoms. The Kier molecular flexibility index (Phi) is 3.45. The molecule has 3 rings (SSSR count). The molecule has 0 fully saturated rings. The van der Waals surface area contributed by atoms with Crippen LogP contribution in [0.2, 0.25) is 0 Å². The number of aromatic amines is 1. The average molecular weight is 333 g/mol. The zero-order valence-corrected chi connectivity index (χ0v) is 13.6. The van der Waals surface area contributed by atoms with Gasteiger partial charge in [0.2, 0.25) is 0 Å². The van der Waals surface area contributed by atoms with Crippen molar-refractivity contribution < 1.29 is 12.8 Å². The molecule has 2 aromatic rings. The monoisotopic (exact) mass is 333 g/mol. The van der Waals surface area contributed by atoms with Gasteiger partial charge in [0.15, 0.2) is 0 Å². The smallest absolute Gasteiger partial charge is 0.263 e. The van der Waals surface area contributed by atoms with Crippen molar-refractivity contribution in [2.75, 3.05) is 4.72 Å². The Hall–Kier alpha value is -2.33. The molecule has 0 radical (unpaired) electrons. The van der Waals surface area contributed by atoms with Gasteiger partial charge >= 0.3 is 0 Å². The lowest BCUT2D eigenvalue weighted by Gasteiger charge is -2.16. The molecule has 0 spiro atoms. The molecule has 1 aliphatic carbocycles. The molecule has 0 saturated heterocycles. The van der Waals surface area contributed by atoms with Crippen LogP contribution in [0.5, 0.6) is 0 Å². The number of nitrogens with one attached hydrogen (secondary N) is 2. The number of benzene rings is 1. The molecule has 5 nitrogen and oxygen atoms in total. The molecule has 0 unspecified atom stereocenters. The van der Waals surface area contributed by atoms with Crippen molar-refractivity contribution in [3.05, 3.63) is 47.0 Å². The summed E-state index contributed by atoms with van der Waals surface area (Å²) < 4.78 is 41.3. The van der Waals surface area contributed by atoms with Crippen LogP contribution in [0.25, 0.3) is 0 Å². The van der Waals surface area contributed by atoms with Crippen molar-refractivity contribution in [1.29, 1.82) is 5.26 Å². The largest absolute Gasteiger partial charge is 0.363 e. The molecule has 0 atom stereocenters. The number of hydrogen-bond donors (Lipinski definition) is 2. The number of H-pyrrole nitrogens is 1. The van der Waals surface area contributed by atoms with Gasteiger partial charge in [-0.05, 0) is 42.0 Å². The molecule has 0 bridgehead atoms. The highest BCUT2D eigenvalue weighted by Crippen LogP contribution is 2.39. The van der Waals surface area contributed by atoms with Crippen molar-refractivity contribution in [2.45, 2.75) is 31.6 Å². The number of fused-ring (bicyclic) bond motifs is 1. The third kappa shape index (κ3) is 2.82. The van der Waals surface area contributed by atoms with E-state index in [9.17, 15) is 12.8 Å². The number of sulfonamides is 1. The van der Waals surface area contributed by atoms with Gasteiger partial charge in [-0.2, -0.15) is 5.26 Å². The second-order valence-corrected chi connectivity index (χ2v) is 8.19. The molecule has 1 aromatic carbocycles. The number of nitriles is 1. The number of anilines is 1. The van der Waals surface area contributed by atoms with Crippen LogP contribution in [-0.4, -0.2) is 13.4 Å². The minimum atomic E-state index is -3.89. The Bertz CT molecular complexity index is 923. The van der Waals surface area contributed by atoms with E-state index in [2.05, 4.69) is 23.6 Å². The number of rotatable bonds is 3. The fraction of sp³-hybridized carbons (Fsp3) is 0.312. The summed E-state index contributed by atoms with van der Waals surface area (Å²) in [5, 5.41) is 8.73. The maximum absolute atomic E-state index is 13.9. The summed E-state index contributed by atoms with van der Waals surface area (Å²) in [7, 11) is -3.89. The van der Waals surface area contributed by atoms with Gasteiger partial charge in [-0.1, -0.05) is 13.8 Å². The van der Waals surface area contributed by atoms with Crippen LogP contribution < -0.4 is 4.72 Å². The van der Waals surface area contributed by atoms with Crippen LogP contribution in [-0.2, 0) is 22.9 Å². The summed E-state index contributed by atoms with van der Waals surface area (Å²) in [4.78, 5) is 3.17. The molecule has 1 heterocycles. The van der Waals surface area contributed by atoms with E-state index in [4.69, 9.17) is 5.26 Å². The fourth-order valence-corrected chi connectivity index (χ4v) is 4.25. The maximum atomic E-state index is 13.9. The maximum Gasteiger partial charge on any atom is 0.263 e. The second-order valence-electron chi connectivity index (χ2n) is 6.54. The summed E-state index contributed by atoms with van der Waals surface area (Å²) in [5.41, 5.74) is 1.64. The summed E-state index contributed by atoms with van der Waals surface area (Å²) in [6.45, 7) is 4.15. The molecule has 0 aliphatic heterocycles. The Morgan fingerprint density at radius 3 is 2.74 bits per heavy atom. The van der Waals surface area contributed by atoms with Crippen LogP contribution in [0.1, 0.15) is 30.7 Å². The van der Waals surface area contributed by atoms with E-state index < -0.39 is 15.8 Å². The van der Waals surface area contributed by atoms with Crippen LogP contribution in [0.4, 0.5) is 10.1 Å². The number of aromatic nitrogens is 1. The third-order valence-corrected chi connectivity index (χ3v) is 5.41. The van der Waals surface area contributed by atoms with Crippen LogP contribution in [0.15, 0.2) is 29.3 Å². The van der Waals surface area contributed by atoms with Gasteiger partial charge in [0.1, 0.15) is 10.7 Å². The second kappa shape index (κ2) is 5.10. The Labute approximate surface area is 134 Å². The fourth-order valence-electron chi connectivity index (χ4n) is 2.95. The first kappa shape index (κ1) is 15.6. The third-order valence-electron chi connectivity index (χ3n) is 3.98. The molecular weight excluding hydrogens is 317 g/mol. The summed E-state index contributed by atoms with van der Waals surface area (Å²) in [6.07, 6.45) is 2.88. The standard InChI is InChI=1S/C16H16FN3O2S/c1-16(2)6-11-14(7-16)19-9-15(11)23(21,22)20-13-4-3-10(8-18)5-12(13)17/h3-5,9,19-20H,6-7H2,1-2H3. The van der Waals surface area contributed by atoms with Gasteiger partial charge in [0.25, 0.3) is 10.0 Å². The van der Waals surface area contributed by atoms with E-state index in [0.29, 0.717) is 6.42 Å². The van der Waals surface area contributed by atoms with Gasteiger partial charge in [-0.15, -0.1) is 0 Å². The molecule has 120 valence electrons. The van der Waals surface area contributed by atoms with Crippen LogP contribution in [0.3, 0.4) is 0 Å². The summed E-state index contributed by atoms with van der Waals surface area (Å²) in [5.74, 6) is -0.778. The van der Waals surface area contributed by atoms with Gasteiger partial charge in [-0.25, -0.2) is 12.8 Å².